The summed E-state index contributed by atoms with van der Waals surface area (Å²) < 4.78 is 61.5. The van der Waals surface area contributed by atoms with E-state index in [0.717, 1.165) is 7.11 Å². The van der Waals surface area contributed by atoms with Crippen LogP contribution >= 0.6 is 0 Å². The quantitative estimate of drug-likeness (QED) is 0.0331. The molecule has 5 saturated heterocycles. The molecule has 5 fully saturated rings. The van der Waals surface area contributed by atoms with Gasteiger partial charge < -0.3 is 156 Å². The van der Waals surface area contributed by atoms with Crippen molar-refractivity contribution in [3.63, 3.8) is 0 Å². The molecule has 504 valence electrons. The van der Waals surface area contributed by atoms with E-state index < -0.39 is 272 Å². The normalized spacial score (nSPS) is 40.0. The summed E-state index contributed by atoms with van der Waals surface area (Å²) in [6, 6.07) is -7.65. The van der Waals surface area contributed by atoms with Crippen molar-refractivity contribution in [1.82, 2.24) is 26.6 Å². The van der Waals surface area contributed by atoms with E-state index in [9.17, 15) is 106 Å². The zero-order chi connectivity index (χ0) is 64.9. The zero-order valence-corrected chi connectivity index (χ0v) is 48.7. The molecule has 5 rings (SSSR count). The molecule has 5 aliphatic rings. The SMILES string of the molecule is CO[C@H]1O[C@H](C)[C@@H](NC(=O)C(O)CCO)[C@H](O)[C@@H]1O[C@H]1O[C@H](C)[C@@H](NC(=O)C(O)CCO)[C@H](O)[C@@H]1O[C@H]1O[C@H](C)[C@@H](NC(=O)C(O)CCO)[C@H](O)[C@@H]1O[C@H]1O[C@H](C)[C@@H](NC(=O)C(O)CCO)[C@H](O)[C@@H]1O[C@H]1O[C@H](C)[C@@H](NC(=O)C(O)CCO)[C@H](O)[C@@H]1O. The number of aliphatic hydroxyl groups excluding tert-OH is 16. The van der Waals surface area contributed by atoms with Gasteiger partial charge in [-0.2, -0.15) is 0 Å². The fraction of sp³-hybridized carbons (Fsp3) is 0.902. The van der Waals surface area contributed by atoms with Gasteiger partial charge in [0, 0.05) is 72.2 Å². The van der Waals surface area contributed by atoms with E-state index in [4.69, 9.17) is 47.4 Å². The van der Waals surface area contributed by atoms with E-state index in [0.29, 0.717) is 0 Å². The number of carbonyl (C=O) groups excluding carboxylic acids is 5. The summed E-state index contributed by atoms with van der Waals surface area (Å²) in [7, 11) is 1.16. The summed E-state index contributed by atoms with van der Waals surface area (Å²) in [5.41, 5.74) is 0. The molecule has 36 nitrogen and oxygen atoms in total. The van der Waals surface area contributed by atoms with Crippen LogP contribution in [-0.2, 0) is 71.3 Å². The van der Waals surface area contributed by atoms with Gasteiger partial charge in [-0.15, -0.1) is 0 Å². The van der Waals surface area contributed by atoms with Gasteiger partial charge in [0.15, 0.2) is 31.5 Å². The summed E-state index contributed by atoms with van der Waals surface area (Å²) in [6.07, 6.45) is -47.8. The van der Waals surface area contributed by atoms with Gasteiger partial charge in [0.1, 0.15) is 91.6 Å². The summed E-state index contributed by atoms with van der Waals surface area (Å²) >= 11 is 0. The second-order valence-corrected chi connectivity index (χ2v) is 21.9. The Morgan fingerprint density at radius 3 is 0.759 bits per heavy atom. The van der Waals surface area contributed by atoms with Crippen molar-refractivity contribution in [1.29, 1.82) is 0 Å². The minimum Gasteiger partial charge on any atom is -0.396 e. The smallest absolute Gasteiger partial charge is 0.249 e. The van der Waals surface area contributed by atoms with Crippen LogP contribution in [0.2, 0.25) is 0 Å². The number of nitrogens with one attached hydrogen (secondary N) is 5. The van der Waals surface area contributed by atoms with Crippen molar-refractivity contribution >= 4 is 29.5 Å². The number of amides is 5. The molecule has 87 heavy (non-hydrogen) atoms. The third-order valence-corrected chi connectivity index (χ3v) is 15.6. The number of aliphatic hydroxyl groups is 16. The topological polar surface area (TPSA) is 561 Å². The molecule has 0 bridgehead atoms. The van der Waals surface area contributed by atoms with Crippen LogP contribution in [0.25, 0.3) is 0 Å². The van der Waals surface area contributed by atoms with Crippen LogP contribution in [0.4, 0.5) is 0 Å². The minimum absolute atomic E-state index is 0.384. The Morgan fingerprint density at radius 1 is 0.333 bits per heavy atom. The van der Waals surface area contributed by atoms with E-state index in [-0.39, 0.29) is 6.42 Å². The van der Waals surface area contributed by atoms with E-state index in [2.05, 4.69) is 26.6 Å². The number of hydrogen-bond donors (Lipinski definition) is 21. The molecule has 0 saturated carbocycles. The molecule has 0 spiro atoms. The van der Waals surface area contributed by atoms with Gasteiger partial charge in [-0.3, -0.25) is 24.0 Å². The molecule has 0 aliphatic carbocycles. The van der Waals surface area contributed by atoms with Gasteiger partial charge in [-0.05, 0) is 34.6 Å². The lowest BCUT2D eigenvalue weighted by Crippen LogP contribution is -2.71. The van der Waals surface area contributed by atoms with Crippen molar-refractivity contribution in [2.24, 2.45) is 0 Å². The lowest BCUT2D eigenvalue weighted by molar-refractivity contribution is -0.395. The standard InChI is InChI=1S/C51H89N5O31/c1-17-27(52-42(73)22(62)7-12-57)32(67)37(72)47(79-17)84-39-34(69)29(54-44(75)24(64)9-14-59)19(3)81-49(39)86-41-36(71)31(56-46(77)26(66)11-16-61)21(5)83-51(41)87-40-35(70)30(55-45(76)25(65)10-15-60)20(4)82-50(40)85-38-33(68)28(18(2)80-48(38)78-6)53-43(74)23(63)8-13-58/h17-41,47-51,57-72H,7-16H2,1-6H3,(H,52,73)(H,53,74)(H,54,75)(H,55,76)(H,56,77)/t17-,18-,19-,20-,21-,22?,23?,24?,25?,26?,27-,28-,29-,30-,31-,32+,33+,34+,35+,36+,37+,38+,39+,40+,41+,47-,48+,49-,50-,51-/m1/s1. The largest absolute Gasteiger partial charge is 0.396 e. The average molecular weight is 1270 g/mol. The highest BCUT2D eigenvalue weighted by Crippen LogP contribution is 2.37. The van der Waals surface area contributed by atoms with Crippen LogP contribution in [0.15, 0.2) is 0 Å². The third-order valence-electron chi connectivity index (χ3n) is 15.6. The second-order valence-electron chi connectivity index (χ2n) is 21.9. The Morgan fingerprint density at radius 2 is 0.529 bits per heavy atom. The summed E-state index contributed by atoms with van der Waals surface area (Å²) in [6.45, 7) is 3.54. The number of rotatable bonds is 29. The van der Waals surface area contributed by atoms with Gasteiger partial charge in [-0.1, -0.05) is 0 Å². The summed E-state index contributed by atoms with van der Waals surface area (Å²) in [4.78, 5) is 65.7. The number of carbonyl (C=O) groups is 5. The highest BCUT2D eigenvalue weighted by Gasteiger charge is 2.58. The van der Waals surface area contributed by atoms with Crippen molar-refractivity contribution in [3.05, 3.63) is 0 Å². The van der Waals surface area contributed by atoms with Crippen LogP contribution in [-0.4, -0.2) is 335 Å². The minimum atomic E-state index is -2.15. The molecular weight excluding hydrogens is 1180 g/mol. The lowest BCUT2D eigenvalue weighted by Gasteiger charge is -2.51. The monoisotopic (exact) mass is 1270 g/mol. The molecule has 21 N–H and O–H groups in total. The van der Waals surface area contributed by atoms with Crippen molar-refractivity contribution < 1.29 is 153 Å². The van der Waals surface area contributed by atoms with E-state index in [1.165, 1.54) is 34.6 Å². The van der Waals surface area contributed by atoms with Crippen LogP contribution in [0.3, 0.4) is 0 Å². The molecule has 5 aliphatic heterocycles. The Labute approximate surface area is 498 Å². The van der Waals surface area contributed by atoms with Gasteiger partial charge in [0.2, 0.25) is 29.5 Å². The van der Waals surface area contributed by atoms with Gasteiger partial charge in [-0.25, -0.2) is 0 Å². The lowest BCUT2D eigenvalue weighted by atomic mass is 9.93. The Balaban J connectivity index is 1.61. The van der Waals surface area contributed by atoms with Gasteiger partial charge in [0.05, 0.1) is 60.7 Å². The van der Waals surface area contributed by atoms with Crippen LogP contribution in [0.5, 0.6) is 0 Å². The summed E-state index contributed by atoms with van der Waals surface area (Å²) in [5.74, 6) is -5.49. The molecule has 36 heteroatoms. The van der Waals surface area contributed by atoms with E-state index >= 15 is 0 Å². The number of hydrogen-bond acceptors (Lipinski definition) is 31. The molecule has 5 amide bonds. The molecule has 5 heterocycles. The maximum Gasteiger partial charge on any atom is 0.249 e. The maximum atomic E-state index is 13.4. The third kappa shape index (κ3) is 18.5. The van der Waals surface area contributed by atoms with Gasteiger partial charge in [0.25, 0.3) is 0 Å². The van der Waals surface area contributed by atoms with Gasteiger partial charge >= 0.3 is 0 Å². The van der Waals surface area contributed by atoms with E-state index in [1.807, 2.05) is 0 Å². The Bertz CT molecular complexity index is 2170. The zero-order valence-electron chi connectivity index (χ0n) is 48.7. The number of methoxy groups -OCH3 is 1. The first-order valence-corrected chi connectivity index (χ1v) is 28.6. The van der Waals surface area contributed by atoms with E-state index in [1.54, 1.807) is 0 Å². The van der Waals surface area contributed by atoms with Crippen molar-refractivity contribution in [3.8, 4) is 0 Å². The van der Waals surface area contributed by atoms with Crippen LogP contribution in [0.1, 0.15) is 66.7 Å². The molecular formula is C51H89N5O31. The fourth-order valence-electron chi connectivity index (χ4n) is 10.5. The number of ether oxygens (including phenoxy) is 10. The van der Waals surface area contributed by atoms with Crippen molar-refractivity contribution in [2.75, 3.05) is 40.1 Å². The predicted octanol–water partition coefficient (Wildman–Crippen LogP) is -11.8. The molecule has 30 atom stereocenters. The summed E-state index contributed by atoms with van der Waals surface area (Å²) in [5, 5.41) is 183. The molecule has 0 aromatic rings. The first-order valence-electron chi connectivity index (χ1n) is 28.6. The molecule has 5 unspecified atom stereocenters. The first kappa shape index (κ1) is 74.0. The second kappa shape index (κ2) is 34.1. The predicted molar refractivity (Wildman–Crippen MR) is 282 cm³/mol. The average Bonchev–Trinajstić information content (AvgIpc) is 3.62. The highest BCUT2D eigenvalue weighted by molar-refractivity contribution is 5.82. The molecule has 0 aromatic heterocycles. The first-order chi connectivity index (χ1) is 41.1. The van der Waals surface area contributed by atoms with Crippen molar-refractivity contribution in [2.45, 2.75) is 250 Å². The van der Waals surface area contributed by atoms with Crippen LogP contribution < -0.4 is 26.6 Å². The molecule has 0 aromatic carbocycles. The Kier molecular flexibility index (Phi) is 29.0. The Hall–Kier alpha value is -3.69. The molecule has 0 radical (unpaired) electrons. The van der Waals surface area contributed by atoms with Crippen LogP contribution in [0, 0.1) is 0 Å². The highest BCUT2D eigenvalue weighted by atomic mass is 16.8. The maximum absolute atomic E-state index is 13.4. The fourth-order valence-corrected chi connectivity index (χ4v) is 10.5.